The van der Waals surface area contributed by atoms with E-state index < -0.39 is 0 Å². The average Bonchev–Trinajstić information content (AvgIpc) is 3.06. The lowest BCUT2D eigenvalue weighted by molar-refractivity contribution is 0.102. The molecule has 5 heteroatoms. The molecule has 3 aromatic heterocycles. The zero-order valence-corrected chi connectivity index (χ0v) is 15.4. The van der Waals surface area contributed by atoms with E-state index in [9.17, 15) is 4.79 Å². The van der Waals surface area contributed by atoms with Gasteiger partial charge in [-0.2, -0.15) is 0 Å². The summed E-state index contributed by atoms with van der Waals surface area (Å²) in [6, 6.07) is 16.9. The summed E-state index contributed by atoms with van der Waals surface area (Å²) >= 11 is 0. The van der Waals surface area contributed by atoms with Crippen LogP contribution in [0.4, 0.5) is 5.82 Å². The quantitative estimate of drug-likeness (QED) is 0.556. The maximum atomic E-state index is 13.0. The third kappa shape index (κ3) is 3.44. The van der Waals surface area contributed by atoms with Crippen molar-refractivity contribution in [2.45, 2.75) is 20.8 Å². The molecule has 4 aromatic rings. The van der Waals surface area contributed by atoms with Gasteiger partial charge in [-0.05, 0) is 62.7 Å². The molecule has 0 unspecified atom stereocenters. The van der Waals surface area contributed by atoms with Gasteiger partial charge in [-0.15, -0.1) is 0 Å². The Bertz CT molecular complexity index is 1140. The van der Waals surface area contributed by atoms with Crippen LogP contribution in [0, 0.1) is 20.8 Å². The molecule has 0 aliphatic carbocycles. The number of aromatic nitrogens is 2. The van der Waals surface area contributed by atoms with E-state index in [-0.39, 0.29) is 5.91 Å². The van der Waals surface area contributed by atoms with Crippen molar-refractivity contribution in [3.63, 3.8) is 0 Å². The van der Waals surface area contributed by atoms with Gasteiger partial charge in [0.25, 0.3) is 5.91 Å². The Hall–Kier alpha value is -3.47. The van der Waals surface area contributed by atoms with Crippen LogP contribution in [0.5, 0.6) is 0 Å². The maximum Gasteiger partial charge on any atom is 0.257 e. The molecular formula is C22H19N3O2. The number of hydrogen-bond acceptors (Lipinski definition) is 4. The second-order valence-corrected chi connectivity index (χ2v) is 6.61. The maximum absolute atomic E-state index is 13.0. The van der Waals surface area contributed by atoms with E-state index in [1.54, 1.807) is 6.07 Å². The fourth-order valence-corrected chi connectivity index (χ4v) is 3.15. The van der Waals surface area contributed by atoms with Gasteiger partial charge in [0.05, 0.1) is 11.1 Å². The number of aryl methyl sites for hydroxylation is 3. The van der Waals surface area contributed by atoms with Crippen molar-refractivity contribution >= 4 is 22.6 Å². The summed E-state index contributed by atoms with van der Waals surface area (Å²) < 4.78 is 5.70. The second kappa shape index (κ2) is 6.68. The minimum Gasteiger partial charge on any atom is -0.460 e. The molecule has 5 nitrogen and oxygen atoms in total. The second-order valence-electron chi connectivity index (χ2n) is 6.61. The fourth-order valence-electron chi connectivity index (χ4n) is 3.15. The van der Waals surface area contributed by atoms with Crippen LogP contribution in [0.3, 0.4) is 0 Å². The van der Waals surface area contributed by atoms with Crippen LogP contribution in [0.25, 0.3) is 22.4 Å². The lowest BCUT2D eigenvalue weighted by atomic mass is 10.1. The number of rotatable bonds is 3. The topological polar surface area (TPSA) is 68.0 Å². The smallest absolute Gasteiger partial charge is 0.257 e. The Balaban J connectivity index is 1.80. The molecular weight excluding hydrogens is 338 g/mol. The van der Waals surface area contributed by atoms with Crippen LogP contribution in [0.1, 0.15) is 27.4 Å². The first-order chi connectivity index (χ1) is 13.0. The van der Waals surface area contributed by atoms with Crippen molar-refractivity contribution in [1.82, 2.24) is 9.97 Å². The SMILES string of the molecule is Cc1cc(C)nc(NC(=O)c2cc(-c3ccc(C)o3)nc3ccccc23)c1. The summed E-state index contributed by atoms with van der Waals surface area (Å²) in [5.41, 5.74) is 3.80. The molecule has 3 heterocycles. The molecule has 27 heavy (non-hydrogen) atoms. The number of amides is 1. The molecule has 134 valence electrons. The van der Waals surface area contributed by atoms with E-state index in [0.29, 0.717) is 22.8 Å². The molecule has 0 atom stereocenters. The normalized spacial score (nSPS) is 10.9. The molecule has 4 rings (SSSR count). The summed E-state index contributed by atoms with van der Waals surface area (Å²) in [5, 5.41) is 3.69. The monoisotopic (exact) mass is 357 g/mol. The Labute approximate surface area is 157 Å². The molecule has 1 N–H and O–H groups in total. The van der Waals surface area contributed by atoms with Gasteiger partial charge in [-0.25, -0.2) is 9.97 Å². The minimum absolute atomic E-state index is 0.226. The fraction of sp³-hybridized carbons (Fsp3) is 0.136. The summed E-state index contributed by atoms with van der Waals surface area (Å²) in [6.07, 6.45) is 0. The van der Waals surface area contributed by atoms with Crippen molar-refractivity contribution in [3.05, 3.63) is 77.2 Å². The van der Waals surface area contributed by atoms with Gasteiger partial charge in [-0.3, -0.25) is 4.79 Å². The number of carbonyl (C=O) groups is 1. The van der Waals surface area contributed by atoms with Crippen molar-refractivity contribution in [1.29, 1.82) is 0 Å². The predicted molar refractivity (Wildman–Crippen MR) is 106 cm³/mol. The molecule has 1 amide bonds. The highest BCUT2D eigenvalue weighted by molar-refractivity contribution is 6.12. The van der Waals surface area contributed by atoms with Gasteiger partial charge < -0.3 is 9.73 Å². The minimum atomic E-state index is -0.226. The lowest BCUT2D eigenvalue weighted by Gasteiger charge is -2.10. The highest BCUT2D eigenvalue weighted by atomic mass is 16.3. The Kier molecular flexibility index (Phi) is 4.20. The Morgan fingerprint density at radius 2 is 1.78 bits per heavy atom. The number of benzene rings is 1. The molecule has 0 saturated heterocycles. The summed E-state index contributed by atoms with van der Waals surface area (Å²) in [5.74, 6) is 1.74. The van der Waals surface area contributed by atoms with E-state index >= 15 is 0 Å². The van der Waals surface area contributed by atoms with Crippen molar-refractivity contribution < 1.29 is 9.21 Å². The van der Waals surface area contributed by atoms with Gasteiger partial charge in [0.2, 0.25) is 0 Å². The number of furan rings is 1. The number of carbonyl (C=O) groups excluding carboxylic acids is 1. The number of nitrogens with one attached hydrogen (secondary N) is 1. The van der Waals surface area contributed by atoms with Crippen LogP contribution in [0.2, 0.25) is 0 Å². The van der Waals surface area contributed by atoms with Crippen LogP contribution >= 0.6 is 0 Å². The third-order valence-corrected chi connectivity index (χ3v) is 4.29. The first-order valence-electron chi connectivity index (χ1n) is 8.73. The number of para-hydroxylation sites is 1. The van der Waals surface area contributed by atoms with Gasteiger partial charge in [-0.1, -0.05) is 18.2 Å². The standard InChI is InChI=1S/C22H19N3O2/c1-13-10-14(2)23-21(11-13)25-22(26)17-12-19(20-9-8-15(3)27-20)24-18-7-5-4-6-16(17)18/h4-12H,1-3H3,(H,23,25,26). The zero-order chi connectivity index (χ0) is 19.0. The average molecular weight is 357 g/mol. The van der Waals surface area contributed by atoms with Crippen LogP contribution in [0.15, 0.2) is 59.0 Å². The van der Waals surface area contributed by atoms with E-state index in [1.165, 1.54) is 0 Å². The first kappa shape index (κ1) is 17.0. The molecule has 1 aromatic carbocycles. The highest BCUT2D eigenvalue weighted by Crippen LogP contribution is 2.26. The van der Waals surface area contributed by atoms with Gasteiger partial charge >= 0.3 is 0 Å². The molecule has 0 fully saturated rings. The number of fused-ring (bicyclic) bond motifs is 1. The number of nitrogens with zero attached hydrogens (tertiary/aromatic N) is 2. The molecule has 0 aliphatic rings. The molecule has 0 spiro atoms. The van der Waals surface area contributed by atoms with E-state index in [2.05, 4.69) is 15.3 Å². The summed E-state index contributed by atoms with van der Waals surface area (Å²) in [7, 11) is 0. The molecule has 0 bridgehead atoms. The van der Waals surface area contributed by atoms with Crippen molar-refractivity contribution in [2.24, 2.45) is 0 Å². The van der Waals surface area contributed by atoms with Gasteiger partial charge in [0.15, 0.2) is 5.76 Å². The first-order valence-corrected chi connectivity index (χ1v) is 8.73. The summed E-state index contributed by atoms with van der Waals surface area (Å²) in [6.45, 7) is 5.76. The van der Waals surface area contributed by atoms with E-state index in [1.807, 2.05) is 69.3 Å². The zero-order valence-electron chi connectivity index (χ0n) is 15.4. The Morgan fingerprint density at radius 3 is 2.52 bits per heavy atom. The number of anilines is 1. The molecule has 0 aliphatic heterocycles. The predicted octanol–water partition coefficient (Wildman–Crippen LogP) is 5.07. The third-order valence-electron chi connectivity index (χ3n) is 4.29. The largest absolute Gasteiger partial charge is 0.460 e. The number of hydrogen-bond donors (Lipinski definition) is 1. The molecule has 0 saturated carbocycles. The van der Waals surface area contributed by atoms with Crippen LogP contribution in [-0.4, -0.2) is 15.9 Å². The number of pyridine rings is 2. The van der Waals surface area contributed by atoms with Crippen LogP contribution < -0.4 is 5.32 Å². The van der Waals surface area contributed by atoms with Crippen LogP contribution in [-0.2, 0) is 0 Å². The van der Waals surface area contributed by atoms with Gasteiger partial charge in [0, 0.05) is 11.1 Å². The molecule has 0 radical (unpaired) electrons. The van der Waals surface area contributed by atoms with Crippen molar-refractivity contribution in [2.75, 3.05) is 5.32 Å². The lowest BCUT2D eigenvalue weighted by Crippen LogP contribution is -2.14. The summed E-state index contributed by atoms with van der Waals surface area (Å²) in [4.78, 5) is 22.1. The van der Waals surface area contributed by atoms with Crippen molar-refractivity contribution in [3.8, 4) is 11.5 Å². The highest BCUT2D eigenvalue weighted by Gasteiger charge is 2.16. The van der Waals surface area contributed by atoms with Gasteiger partial charge in [0.1, 0.15) is 17.3 Å². The van der Waals surface area contributed by atoms with E-state index in [4.69, 9.17) is 4.42 Å². The Morgan fingerprint density at radius 1 is 0.963 bits per heavy atom. The van der Waals surface area contributed by atoms with E-state index in [0.717, 1.165) is 27.9 Å².